The molecule has 18 heavy (non-hydrogen) atoms. The van der Waals surface area contributed by atoms with E-state index in [0.29, 0.717) is 11.3 Å². The minimum absolute atomic E-state index is 0.194. The fourth-order valence-electron chi connectivity index (χ4n) is 2.49. The van der Waals surface area contributed by atoms with E-state index < -0.39 is 0 Å². The van der Waals surface area contributed by atoms with Crippen LogP contribution in [0.1, 0.15) is 50.8 Å². The van der Waals surface area contributed by atoms with Crippen LogP contribution in [0.2, 0.25) is 0 Å². The summed E-state index contributed by atoms with van der Waals surface area (Å²) in [7, 11) is 0. The van der Waals surface area contributed by atoms with Gasteiger partial charge in [-0.15, -0.1) is 0 Å². The minimum atomic E-state index is -0.250. The van der Waals surface area contributed by atoms with Crippen LogP contribution in [-0.2, 0) is 0 Å². The van der Waals surface area contributed by atoms with Crippen LogP contribution < -0.4 is 10.1 Å². The van der Waals surface area contributed by atoms with Gasteiger partial charge in [0.2, 0.25) is 0 Å². The fraction of sp³-hybridized carbons (Fsp3) is 0.600. The van der Waals surface area contributed by atoms with Crippen molar-refractivity contribution in [1.82, 2.24) is 5.32 Å². The van der Waals surface area contributed by atoms with Gasteiger partial charge in [-0.25, -0.2) is 4.39 Å². The number of halogens is 1. The zero-order valence-corrected chi connectivity index (χ0v) is 11.6. The maximum Gasteiger partial charge on any atom is 0.129 e. The molecule has 0 fully saturated rings. The van der Waals surface area contributed by atoms with E-state index in [-0.39, 0.29) is 17.5 Å². The number of hydrogen-bond acceptors (Lipinski definition) is 2. The van der Waals surface area contributed by atoms with Crippen molar-refractivity contribution < 1.29 is 9.13 Å². The number of hydrogen-bond donors (Lipinski definition) is 1. The van der Waals surface area contributed by atoms with Crippen LogP contribution in [0.15, 0.2) is 12.1 Å². The molecule has 1 aromatic carbocycles. The fourth-order valence-corrected chi connectivity index (χ4v) is 2.49. The molecule has 0 saturated carbocycles. The van der Waals surface area contributed by atoms with Crippen molar-refractivity contribution in [2.75, 3.05) is 6.54 Å². The molecule has 1 atom stereocenters. The first-order valence-electron chi connectivity index (χ1n) is 6.65. The zero-order valence-electron chi connectivity index (χ0n) is 11.6. The van der Waals surface area contributed by atoms with Crippen molar-refractivity contribution in [2.45, 2.75) is 52.2 Å². The second kappa shape index (κ2) is 4.88. The van der Waals surface area contributed by atoms with Crippen molar-refractivity contribution in [2.24, 2.45) is 0 Å². The van der Waals surface area contributed by atoms with Gasteiger partial charge >= 0.3 is 0 Å². The van der Waals surface area contributed by atoms with Crippen molar-refractivity contribution >= 4 is 0 Å². The highest BCUT2D eigenvalue weighted by Crippen LogP contribution is 2.40. The summed E-state index contributed by atoms with van der Waals surface area (Å²) in [5.74, 6) is 0.489. The van der Waals surface area contributed by atoms with E-state index in [1.165, 1.54) is 6.07 Å². The Bertz CT molecular complexity index is 442. The van der Waals surface area contributed by atoms with E-state index in [0.717, 1.165) is 24.9 Å². The maximum absolute atomic E-state index is 13.6. The van der Waals surface area contributed by atoms with E-state index in [2.05, 4.69) is 12.2 Å². The molecular formula is C15H22FNO. The third-order valence-corrected chi connectivity index (χ3v) is 3.39. The summed E-state index contributed by atoms with van der Waals surface area (Å²) in [6.45, 7) is 9.01. The monoisotopic (exact) mass is 251 g/mol. The molecule has 0 radical (unpaired) electrons. The Morgan fingerprint density at radius 1 is 1.44 bits per heavy atom. The molecule has 1 aliphatic rings. The number of fused-ring (bicyclic) bond motifs is 1. The summed E-state index contributed by atoms with van der Waals surface area (Å²) in [5, 5.41) is 3.53. The SMILES string of the molecule is CCCNC1CC(C)(C)Oc2cc(F)c(C)cc21. The van der Waals surface area contributed by atoms with Crippen LogP contribution in [0, 0.1) is 12.7 Å². The Morgan fingerprint density at radius 2 is 2.17 bits per heavy atom. The van der Waals surface area contributed by atoms with Gasteiger partial charge in [0.15, 0.2) is 0 Å². The van der Waals surface area contributed by atoms with Crippen molar-refractivity contribution in [3.05, 3.63) is 29.1 Å². The van der Waals surface area contributed by atoms with E-state index in [1.54, 1.807) is 6.92 Å². The standard InChI is InChI=1S/C15H22FNO/c1-5-6-17-13-9-15(3,4)18-14-8-12(16)10(2)7-11(13)14/h7-8,13,17H,5-6,9H2,1-4H3. The molecule has 2 nitrogen and oxygen atoms in total. The molecule has 0 spiro atoms. The predicted octanol–water partition coefficient (Wildman–Crippen LogP) is 3.74. The Balaban J connectivity index is 2.37. The van der Waals surface area contributed by atoms with Gasteiger partial charge in [-0.2, -0.15) is 0 Å². The van der Waals surface area contributed by atoms with Crippen LogP contribution in [-0.4, -0.2) is 12.1 Å². The van der Waals surface area contributed by atoms with Crippen LogP contribution in [0.4, 0.5) is 4.39 Å². The van der Waals surface area contributed by atoms with E-state index in [1.807, 2.05) is 19.9 Å². The Kier molecular flexibility index (Phi) is 3.62. The Labute approximate surface area is 109 Å². The molecule has 1 N–H and O–H groups in total. The second-order valence-electron chi connectivity index (χ2n) is 5.71. The second-order valence-corrected chi connectivity index (χ2v) is 5.71. The van der Waals surface area contributed by atoms with Crippen molar-refractivity contribution in [3.8, 4) is 5.75 Å². The summed E-state index contributed by atoms with van der Waals surface area (Å²) in [6, 6.07) is 3.68. The zero-order chi connectivity index (χ0) is 13.3. The number of rotatable bonds is 3. The molecule has 0 bridgehead atoms. The third-order valence-electron chi connectivity index (χ3n) is 3.39. The van der Waals surface area contributed by atoms with Crippen LogP contribution in [0.25, 0.3) is 0 Å². The van der Waals surface area contributed by atoms with Gasteiger partial charge in [-0.05, 0) is 45.4 Å². The van der Waals surface area contributed by atoms with Gasteiger partial charge in [0.05, 0.1) is 0 Å². The summed E-state index contributed by atoms with van der Waals surface area (Å²) in [4.78, 5) is 0. The summed E-state index contributed by atoms with van der Waals surface area (Å²) < 4.78 is 19.5. The smallest absolute Gasteiger partial charge is 0.129 e. The van der Waals surface area contributed by atoms with Gasteiger partial charge in [-0.1, -0.05) is 6.92 Å². The first kappa shape index (κ1) is 13.3. The van der Waals surface area contributed by atoms with Gasteiger partial charge in [0.1, 0.15) is 17.2 Å². The summed E-state index contributed by atoms with van der Waals surface area (Å²) in [6.07, 6.45) is 2.00. The first-order chi connectivity index (χ1) is 8.43. The Morgan fingerprint density at radius 3 is 2.83 bits per heavy atom. The summed E-state index contributed by atoms with van der Waals surface area (Å²) in [5.41, 5.74) is 1.52. The van der Waals surface area contributed by atoms with E-state index in [4.69, 9.17) is 4.74 Å². The number of benzene rings is 1. The molecule has 1 heterocycles. The molecule has 0 saturated heterocycles. The molecule has 1 aliphatic heterocycles. The Hall–Kier alpha value is -1.09. The first-order valence-corrected chi connectivity index (χ1v) is 6.65. The molecule has 0 aromatic heterocycles. The maximum atomic E-state index is 13.6. The van der Waals surface area contributed by atoms with Crippen molar-refractivity contribution in [1.29, 1.82) is 0 Å². The molecular weight excluding hydrogens is 229 g/mol. The van der Waals surface area contributed by atoms with Crippen LogP contribution >= 0.6 is 0 Å². The lowest BCUT2D eigenvalue weighted by molar-refractivity contribution is 0.0656. The van der Waals surface area contributed by atoms with Gasteiger partial charge in [-0.3, -0.25) is 0 Å². The molecule has 100 valence electrons. The number of ether oxygens (including phenoxy) is 1. The third kappa shape index (κ3) is 2.66. The van der Waals surface area contributed by atoms with Gasteiger partial charge in [0.25, 0.3) is 0 Å². The number of nitrogens with one attached hydrogen (secondary N) is 1. The normalized spacial score (nSPS) is 21.3. The quantitative estimate of drug-likeness (QED) is 0.883. The highest BCUT2D eigenvalue weighted by Gasteiger charge is 2.33. The average Bonchev–Trinajstić information content (AvgIpc) is 2.27. The lowest BCUT2D eigenvalue weighted by Gasteiger charge is -2.38. The van der Waals surface area contributed by atoms with Gasteiger partial charge in [0, 0.05) is 24.1 Å². The topological polar surface area (TPSA) is 21.3 Å². The molecule has 0 aliphatic carbocycles. The number of aryl methyl sites for hydroxylation is 1. The highest BCUT2D eigenvalue weighted by atomic mass is 19.1. The van der Waals surface area contributed by atoms with Gasteiger partial charge < -0.3 is 10.1 Å². The van der Waals surface area contributed by atoms with E-state index >= 15 is 0 Å². The lowest BCUT2D eigenvalue weighted by atomic mass is 9.89. The largest absolute Gasteiger partial charge is 0.487 e. The van der Waals surface area contributed by atoms with Crippen LogP contribution in [0.5, 0.6) is 5.75 Å². The van der Waals surface area contributed by atoms with E-state index in [9.17, 15) is 4.39 Å². The lowest BCUT2D eigenvalue weighted by Crippen LogP contribution is -2.39. The molecule has 1 unspecified atom stereocenters. The highest BCUT2D eigenvalue weighted by molar-refractivity contribution is 5.42. The minimum Gasteiger partial charge on any atom is -0.487 e. The molecule has 0 amide bonds. The molecule has 1 aromatic rings. The molecule has 2 rings (SSSR count). The summed E-state index contributed by atoms with van der Waals surface area (Å²) >= 11 is 0. The molecule has 3 heteroatoms. The predicted molar refractivity (Wildman–Crippen MR) is 71.5 cm³/mol. The van der Waals surface area contributed by atoms with Crippen molar-refractivity contribution in [3.63, 3.8) is 0 Å². The van der Waals surface area contributed by atoms with Crippen LogP contribution in [0.3, 0.4) is 0 Å². The average molecular weight is 251 g/mol.